The molecule has 1 fully saturated rings. The molecule has 66 valence electrons. The van der Waals surface area contributed by atoms with Crippen LogP contribution in [0.3, 0.4) is 0 Å². The van der Waals surface area contributed by atoms with E-state index in [-0.39, 0.29) is 5.25 Å². The Morgan fingerprint density at radius 1 is 1.83 bits per heavy atom. The van der Waals surface area contributed by atoms with Crippen molar-refractivity contribution in [2.24, 2.45) is 0 Å². The first-order chi connectivity index (χ1) is 5.63. The lowest BCUT2D eigenvalue weighted by atomic mass is 10.4. The lowest BCUT2D eigenvalue weighted by Crippen LogP contribution is -2.23. The summed E-state index contributed by atoms with van der Waals surface area (Å²) in [6.07, 6.45) is 0.261. The van der Waals surface area contributed by atoms with E-state index >= 15 is 0 Å². The van der Waals surface area contributed by atoms with Crippen molar-refractivity contribution in [3.8, 4) is 0 Å². The molecule has 0 N–H and O–H groups in total. The van der Waals surface area contributed by atoms with Crippen LogP contribution in [-0.4, -0.2) is 22.8 Å². The Kier molecular flexibility index (Phi) is 2.75. The van der Waals surface area contributed by atoms with Gasteiger partial charge < -0.3 is 9.47 Å². The average Bonchev–Trinajstić information content (AvgIpc) is 2.30. The van der Waals surface area contributed by atoms with Gasteiger partial charge in [-0.05, 0) is 18.7 Å². The van der Waals surface area contributed by atoms with Crippen LogP contribution in [-0.2, 0) is 14.3 Å². The van der Waals surface area contributed by atoms with Crippen LogP contribution in [0.5, 0.6) is 0 Å². The van der Waals surface area contributed by atoms with Gasteiger partial charge in [0.15, 0.2) is 0 Å². The average molecular weight is 188 g/mol. The molecule has 1 aliphatic rings. The maximum Gasteiger partial charge on any atom is 0.370 e. The molecular weight excluding hydrogens is 180 g/mol. The largest absolute Gasteiger partial charge is 0.421 e. The molecule has 4 nitrogen and oxygen atoms in total. The summed E-state index contributed by atoms with van der Waals surface area (Å²) >= 11 is 1.01. The zero-order chi connectivity index (χ0) is 9.14. The van der Waals surface area contributed by atoms with E-state index in [9.17, 15) is 9.59 Å². The van der Waals surface area contributed by atoms with Gasteiger partial charge in [-0.1, -0.05) is 6.58 Å². The highest BCUT2D eigenvalue weighted by Gasteiger charge is 2.34. The number of rotatable bonds is 2. The number of ether oxygens (including phenoxy) is 2. The number of carbonyl (C=O) groups excluding carboxylic acids is 2. The third kappa shape index (κ3) is 2.01. The summed E-state index contributed by atoms with van der Waals surface area (Å²) in [4.78, 5) is 21.3. The number of hydrogen-bond acceptors (Lipinski definition) is 5. The molecule has 0 aromatic rings. The zero-order valence-corrected chi connectivity index (χ0v) is 7.30. The molecule has 1 heterocycles. The maximum absolute atomic E-state index is 10.7. The summed E-state index contributed by atoms with van der Waals surface area (Å²) in [5, 5.41) is -0.564. The fraction of sp³-hybridized carbons (Fsp3) is 0.429. The summed E-state index contributed by atoms with van der Waals surface area (Å²) in [6.45, 7) is 4.97. The van der Waals surface area contributed by atoms with E-state index in [0.29, 0.717) is 0 Å². The molecule has 0 aliphatic carbocycles. The second-order valence-corrected chi connectivity index (χ2v) is 3.51. The Bertz CT molecular complexity index is 225. The second-order valence-electron chi connectivity index (χ2n) is 2.20. The van der Waals surface area contributed by atoms with Crippen LogP contribution in [0, 0.1) is 0 Å². The van der Waals surface area contributed by atoms with Crippen molar-refractivity contribution < 1.29 is 19.1 Å². The minimum absolute atomic E-state index is 0.151. The van der Waals surface area contributed by atoms with Crippen molar-refractivity contribution in [2.75, 3.05) is 0 Å². The lowest BCUT2D eigenvalue weighted by molar-refractivity contribution is -0.158. The Balaban J connectivity index is 2.48. The molecule has 0 spiro atoms. The van der Waals surface area contributed by atoms with Gasteiger partial charge in [0.05, 0.1) is 5.25 Å². The summed E-state index contributed by atoms with van der Waals surface area (Å²) in [5.74, 6) is -0.581. The standard InChI is InChI=1S/C7H8O4S/c1-3-5(8)10-6-4(2)12-7(9)11-6/h3-4,6H,1H2,2H3. The van der Waals surface area contributed by atoms with E-state index in [4.69, 9.17) is 4.74 Å². The van der Waals surface area contributed by atoms with Gasteiger partial charge in [0, 0.05) is 6.08 Å². The zero-order valence-electron chi connectivity index (χ0n) is 6.48. The van der Waals surface area contributed by atoms with Crippen LogP contribution >= 0.6 is 11.8 Å². The highest BCUT2D eigenvalue weighted by Crippen LogP contribution is 2.28. The Labute approximate surface area is 73.9 Å². The fourth-order valence-electron chi connectivity index (χ4n) is 0.708. The van der Waals surface area contributed by atoms with Crippen LogP contribution < -0.4 is 0 Å². The minimum Gasteiger partial charge on any atom is -0.421 e. The molecule has 5 heteroatoms. The van der Waals surface area contributed by atoms with E-state index in [1.807, 2.05) is 0 Å². The van der Waals surface area contributed by atoms with Gasteiger partial charge in [-0.2, -0.15) is 0 Å². The highest BCUT2D eigenvalue weighted by atomic mass is 32.2. The summed E-state index contributed by atoms with van der Waals surface area (Å²) in [6, 6.07) is 0. The van der Waals surface area contributed by atoms with Crippen molar-refractivity contribution in [2.45, 2.75) is 18.5 Å². The molecular formula is C7H8O4S. The number of thioether (sulfide) groups is 1. The first-order valence-corrected chi connectivity index (χ1v) is 4.21. The minimum atomic E-state index is -0.770. The molecule has 0 aromatic carbocycles. The summed E-state index contributed by atoms with van der Waals surface area (Å²) < 4.78 is 9.40. The van der Waals surface area contributed by atoms with Gasteiger partial charge in [0.25, 0.3) is 6.29 Å². The molecule has 0 saturated carbocycles. The summed E-state index contributed by atoms with van der Waals surface area (Å²) in [5.41, 5.74) is 0. The summed E-state index contributed by atoms with van der Waals surface area (Å²) in [7, 11) is 0. The van der Waals surface area contributed by atoms with Crippen molar-refractivity contribution in [1.82, 2.24) is 0 Å². The first-order valence-electron chi connectivity index (χ1n) is 3.34. The molecule has 1 aliphatic heterocycles. The lowest BCUT2D eigenvalue weighted by Gasteiger charge is -2.11. The molecule has 0 bridgehead atoms. The topological polar surface area (TPSA) is 52.6 Å². The SMILES string of the molecule is C=CC(=O)OC1OC(=O)SC1C. The van der Waals surface area contributed by atoms with E-state index in [2.05, 4.69) is 11.3 Å². The molecule has 0 amide bonds. The Morgan fingerprint density at radius 2 is 2.50 bits per heavy atom. The second kappa shape index (κ2) is 3.62. The normalized spacial score (nSPS) is 27.9. The van der Waals surface area contributed by atoms with E-state index in [1.54, 1.807) is 6.92 Å². The molecule has 2 unspecified atom stereocenters. The number of hydrogen-bond donors (Lipinski definition) is 0. The van der Waals surface area contributed by atoms with E-state index in [0.717, 1.165) is 17.8 Å². The number of esters is 1. The first kappa shape index (κ1) is 9.12. The quantitative estimate of drug-likeness (QED) is 0.483. The van der Waals surface area contributed by atoms with Crippen LogP contribution in [0.15, 0.2) is 12.7 Å². The van der Waals surface area contributed by atoms with Crippen molar-refractivity contribution in [3.05, 3.63) is 12.7 Å². The monoisotopic (exact) mass is 188 g/mol. The molecule has 1 rings (SSSR count). The smallest absolute Gasteiger partial charge is 0.370 e. The van der Waals surface area contributed by atoms with Crippen molar-refractivity contribution in [3.63, 3.8) is 0 Å². The third-order valence-corrected chi connectivity index (χ3v) is 2.16. The van der Waals surface area contributed by atoms with Crippen LogP contribution in [0.1, 0.15) is 6.92 Å². The van der Waals surface area contributed by atoms with Crippen molar-refractivity contribution >= 4 is 23.0 Å². The predicted molar refractivity (Wildman–Crippen MR) is 43.6 cm³/mol. The number of cyclic esters (lactones) is 1. The van der Waals surface area contributed by atoms with E-state index < -0.39 is 17.6 Å². The molecule has 0 aromatic heterocycles. The fourth-order valence-corrected chi connectivity index (χ4v) is 1.38. The molecule has 12 heavy (non-hydrogen) atoms. The van der Waals surface area contributed by atoms with Crippen molar-refractivity contribution in [1.29, 1.82) is 0 Å². The van der Waals surface area contributed by atoms with Gasteiger partial charge >= 0.3 is 11.3 Å². The molecule has 2 atom stereocenters. The number of carbonyl (C=O) groups is 2. The van der Waals surface area contributed by atoms with Crippen LogP contribution in [0.4, 0.5) is 4.79 Å². The van der Waals surface area contributed by atoms with Gasteiger partial charge in [0.2, 0.25) is 0 Å². The van der Waals surface area contributed by atoms with Gasteiger partial charge in [-0.3, -0.25) is 0 Å². The Morgan fingerprint density at radius 3 is 2.92 bits per heavy atom. The highest BCUT2D eigenvalue weighted by molar-refractivity contribution is 8.14. The molecule has 0 radical (unpaired) electrons. The Hall–Kier alpha value is -0.970. The van der Waals surface area contributed by atoms with Crippen LogP contribution in [0.2, 0.25) is 0 Å². The maximum atomic E-state index is 10.7. The van der Waals surface area contributed by atoms with Gasteiger partial charge in [-0.15, -0.1) is 0 Å². The van der Waals surface area contributed by atoms with Gasteiger partial charge in [0.1, 0.15) is 0 Å². The van der Waals surface area contributed by atoms with Crippen LogP contribution in [0.25, 0.3) is 0 Å². The van der Waals surface area contributed by atoms with E-state index in [1.165, 1.54) is 0 Å². The predicted octanol–water partition coefficient (Wildman–Crippen LogP) is 1.31. The van der Waals surface area contributed by atoms with Gasteiger partial charge in [-0.25, -0.2) is 9.59 Å². The molecule has 1 saturated heterocycles. The third-order valence-electron chi connectivity index (χ3n) is 1.28.